The van der Waals surface area contributed by atoms with Gasteiger partial charge >= 0.3 is 0 Å². The molecule has 2 atom stereocenters. The largest absolute Gasteiger partial charge is 0.298 e. The predicted octanol–water partition coefficient (Wildman–Crippen LogP) is 4.37. The van der Waals surface area contributed by atoms with Crippen LogP contribution in [0.2, 0.25) is 0 Å². The van der Waals surface area contributed by atoms with Gasteiger partial charge in [0.25, 0.3) is 0 Å². The Morgan fingerprint density at radius 2 is 1.90 bits per heavy atom. The van der Waals surface area contributed by atoms with Crippen molar-refractivity contribution in [2.45, 2.75) is 25.2 Å². The van der Waals surface area contributed by atoms with Gasteiger partial charge in [-0.3, -0.25) is 4.79 Å². The number of fused-ring (bicyclic) bond motifs is 2. The van der Waals surface area contributed by atoms with E-state index >= 15 is 0 Å². The lowest BCUT2D eigenvalue weighted by molar-refractivity contribution is -0.105. The van der Waals surface area contributed by atoms with Crippen molar-refractivity contribution in [2.24, 2.45) is 0 Å². The van der Waals surface area contributed by atoms with Crippen LogP contribution >= 0.6 is 0 Å². The molecule has 2 aromatic rings. The normalized spacial score (nSPS) is 20.1. The van der Waals surface area contributed by atoms with Crippen LogP contribution in [-0.2, 0) is 11.2 Å². The van der Waals surface area contributed by atoms with Gasteiger partial charge in [-0.15, -0.1) is 0 Å². The molecule has 0 bridgehead atoms. The molecule has 0 unspecified atom stereocenters. The van der Waals surface area contributed by atoms with Gasteiger partial charge in [-0.1, -0.05) is 43.8 Å². The van der Waals surface area contributed by atoms with Crippen molar-refractivity contribution in [1.82, 2.24) is 0 Å². The van der Waals surface area contributed by atoms with Crippen molar-refractivity contribution in [3.8, 4) is 0 Å². The second-order valence-electron chi connectivity index (χ2n) is 5.68. The minimum atomic E-state index is -0.234. The van der Waals surface area contributed by atoms with Gasteiger partial charge in [0, 0.05) is 5.92 Å². The van der Waals surface area contributed by atoms with Gasteiger partial charge in [0.05, 0.1) is 0 Å². The molecular formula is C19H17FO. The zero-order chi connectivity index (χ0) is 15.0. The van der Waals surface area contributed by atoms with Crippen LogP contribution in [0.3, 0.4) is 0 Å². The second-order valence-corrected chi connectivity index (χ2v) is 5.68. The average molecular weight is 280 g/mol. The summed E-state index contributed by atoms with van der Waals surface area (Å²) < 4.78 is 13.6. The predicted molar refractivity (Wildman–Crippen MR) is 82.0 cm³/mol. The second kappa shape index (κ2) is 5.28. The summed E-state index contributed by atoms with van der Waals surface area (Å²) in [5, 5.41) is 0. The molecule has 0 heterocycles. The number of rotatable bonds is 2. The highest BCUT2D eigenvalue weighted by Gasteiger charge is 2.30. The third-order valence-electron chi connectivity index (χ3n) is 4.42. The number of carbonyl (C=O) groups is 1. The first kappa shape index (κ1) is 13.7. The smallest absolute Gasteiger partial charge is 0.146 e. The SMILES string of the molecule is C=C(C=O)[C@@H]1c2ccccc2Cc2ccc(F)cc2[C@@H]1C. The molecule has 0 amide bonds. The van der Waals surface area contributed by atoms with E-state index in [0.29, 0.717) is 5.57 Å². The van der Waals surface area contributed by atoms with E-state index in [1.165, 1.54) is 11.6 Å². The van der Waals surface area contributed by atoms with Crippen LogP contribution in [0.1, 0.15) is 41.0 Å². The fourth-order valence-electron chi connectivity index (χ4n) is 3.40. The molecule has 3 rings (SSSR count). The van der Waals surface area contributed by atoms with Crippen molar-refractivity contribution in [1.29, 1.82) is 0 Å². The molecule has 2 aromatic carbocycles. The average Bonchev–Trinajstić information content (AvgIpc) is 2.61. The van der Waals surface area contributed by atoms with Crippen LogP contribution in [0.5, 0.6) is 0 Å². The molecule has 21 heavy (non-hydrogen) atoms. The maximum atomic E-state index is 13.6. The van der Waals surface area contributed by atoms with Crippen LogP contribution < -0.4 is 0 Å². The molecule has 1 nitrogen and oxygen atoms in total. The Kier molecular flexibility index (Phi) is 3.46. The Hall–Kier alpha value is -2.22. The molecule has 106 valence electrons. The number of benzene rings is 2. The fourth-order valence-corrected chi connectivity index (χ4v) is 3.40. The van der Waals surface area contributed by atoms with Crippen molar-refractivity contribution >= 4 is 6.29 Å². The van der Waals surface area contributed by atoms with E-state index in [4.69, 9.17) is 0 Å². The van der Waals surface area contributed by atoms with Crippen molar-refractivity contribution in [3.63, 3.8) is 0 Å². The maximum absolute atomic E-state index is 13.6. The summed E-state index contributed by atoms with van der Waals surface area (Å²) in [5.41, 5.74) is 4.95. The van der Waals surface area contributed by atoms with Gasteiger partial charge in [0.2, 0.25) is 0 Å². The molecule has 0 fully saturated rings. The number of allylic oxidation sites excluding steroid dienone is 1. The standard InChI is InChI=1S/C19H17FO/c1-12(11-21)19-13(2)18-10-16(20)8-7-15(18)9-14-5-3-4-6-17(14)19/h3-8,10-11,13,19H,1,9H2,2H3/t13-,19-/m0/s1. The monoisotopic (exact) mass is 280 g/mol. The minimum absolute atomic E-state index is 0.0250. The number of hydrogen-bond acceptors (Lipinski definition) is 1. The molecule has 1 aliphatic rings. The van der Waals surface area contributed by atoms with Gasteiger partial charge in [-0.05, 0) is 52.3 Å². The van der Waals surface area contributed by atoms with Crippen LogP contribution in [0, 0.1) is 5.82 Å². The lowest BCUT2D eigenvalue weighted by atomic mass is 9.79. The van der Waals surface area contributed by atoms with Crippen LogP contribution in [0.4, 0.5) is 4.39 Å². The molecule has 2 heteroatoms. The Morgan fingerprint density at radius 3 is 2.67 bits per heavy atom. The van der Waals surface area contributed by atoms with Gasteiger partial charge in [-0.25, -0.2) is 4.39 Å². The zero-order valence-electron chi connectivity index (χ0n) is 12.0. The van der Waals surface area contributed by atoms with Crippen molar-refractivity contribution < 1.29 is 9.18 Å². The van der Waals surface area contributed by atoms with E-state index in [-0.39, 0.29) is 17.7 Å². The highest BCUT2D eigenvalue weighted by molar-refractivity contribution is 5.76. The molecule has 0 aliphatic heterocycles. The highest BCUT2D eigenvalue weighted by atomic mass is 19.1. The van der Waals surface area contributed by atoms with Gasteiger partial charge < -0.3 is 0 Å². The molecule has 0 saturated carbocycles. The fraction of sp³-hybridized carbons (Fsp3) is 0.211. The number of hydrogen-bond donors (Lipinski definition) is 0. The number of halogens is 1. The summed E-state index contributed by atoms with van der Waals surface area (Å²) in [7, 11) is 0. The third kappa shape index (κ3) is 2.31. The number of carbonyl (C=O) groups excluding carboxylic acids is 1. The molecular weight excluding hydrogens is 263 g/mol. The first-order chi connectivity index (χ1) is 10.1. The first-order valence-corrected chi connectivity index (χ1v) is 7.12. The maximum Gasteiger partial charge on any atom is 0.146 e. The van der Waals surface area contributed by atoms with E-state index in [9.17, 15) is 9.18 Å². The van der Waals surface area contributed by atoms with Gasteiger partial charge in [0.15, 0.2) is 0 Å². The minimum Gasteiger partial charge on any atom is -0.298 e. The summed E-state index contributed by atoms with van der Waals surface area (Å²) >= 11 is 0. The van der Waals surface area contributed by atoms with E-state index in [1.54, 1.807) is 6.07 Å². The summed E-state index contributed by atoms with van der Waals surface area (Å²) in [6, 6.07) is 13.1. The van der Waals surface area contributed by atoms with E-state index in [2.05, 4.69) is 12.6 Å². The Balaban J connectivity index is 2.24. The summed E-state index contributed by atoms with van der Waals surface area (Å²) in [5.74, 6) is -0.305. The lowest BCUT2D eigenvalue weighted by Crippen LogP contribution is -2.12. The van der Waals surface area contributed by atoms with Crippen molar-refractivity contribution in [3.05, 3.63) is 82.7 Å². The highest BCUT2D eigenvalue weighted by Crippen LogP contribution is 2.43. The number of aldehydes is 1. The van der Waals surface area contributed by atoms with E-state index in [1.807, 2.05) is 31.2 Å². The van der Waals surface area contributed by atoms with E-state index in [0.717, 1.165) is 29.4 Å². The molecule has 1 aliphatic carbocycles. The Morgan fingerprint density at radius 1 is 1.19 bits per heavy atom. The zero-order valence-corrected chi connectivity index (χ0v) is 12.0. The Bertz CT molecular complexity index is 717. The molecule has 0 aromatic heterocycles. The quantitative estimate of drug-likeness (QED) is 0.589. The lowest BCUT2D eigenvalue weighted by Gasteiger charge is -2.24. The van der Waals surface area contributed by atoms with Gasteiger partial charge in [0.1, 0.15) is 12.1 Å². The van der Waals surface area contributed by atoms with Crippen LogP contribution in [0.15, 0.2) is 54.6 Å². The van der Waals surface area contributed by atoms with Crippen LogP contribution in [0.25, 0.3) is 0 Å². The van der Waals surface area contributed by atoms with Crippen molar-refractivity contribution in [2.75, 3.05) is 0 Å². The summed E-state index contributed by atoms with van der Waals surface area (Å²) in [4.78, 5) is 11.3. The first-order valence-electron chi connectivity index (χ1n) is 7.12. The van der Waals surface area contributed by atoms with E-state index < -0.39 is 0 Å². The summed E-state index contributed by atoms with van der Waals surface area (Å²) in [6.45, 7) is 5.96. The third-order valence-corrected chi connectivity index (χ3v) is 4.42. The molecule has 0 saturated heterocycles. The van der Waals surface area contributed by atoms with Crippen LogP contribution in [-0.4, -0.2) is 6.29 Å². The van der Waals surface area contributed by atoms with Gasteiger partial charge in [-0.2, -0.15) is 0 Å². The summed E-state index contributed by atoms with van der Waals surface area (Å²) in [6.07, 6.45) is 1.58. The molecule has 0 radical (unpaired) electrons. The topological polar surface area (TPSA) is 17.1 Å². The molecule has 0 N–H and O–H groups in total. The Labute approximate surface area is 124 Å². The molecule has 0 spiro atoms.